The third kappa shape index (κ3) is 5.36. The zero-order valence-electron chi connectivity index (χ0n) is 11.9. The van der Waals surface area contributed by atoms with E-state index >= 15 is 0 Å². The van der Waals surface area contributed by atoms with Crippen molar-refractivity contribution >= 4 is 29.1 Å². The minimum atomic E-state index is -0.133. The van der Waals surface area contributed by atoms with Crippen molar-refractivity contribution in [1.82, 2.24) is 10.2 Å². The second-order valence-electron chi connectivity index (χ2n) is 5.07. The average Bonchev–Trinajstić information content (AvgIpc) is 3.00. The van der Waals surface area contributed by atoms with Gasteiger partial charge in [-0.25, -0.2) is 0 Å². The lowest BCUT2D eigenvalue weighted by molar-refractivity contribution is -0.130. The van der Waals surface area contributed by atoms with E-state index in [0.29, 0.717) is 23.7 Å². The smallest absolute Gasteiger partial charge is 0.238 e. The van der Waals surface area contributed by atoms with Crippen molar-refractivity contribution in [2.24, 2.45) is 0 Å². The highest BCUT2D eigenvalue weighted by Gasteiger charge is 2.16. The van der Waals surface area contributed by atoms with Crippen LogP contribution in [0.1, 0.15) is 19.3 Å². The molecule has 1 heterocycles. The second-order valence-corrected chi connectivity index (χ2v) is 5.51. The lowest BCUT2D eigenvalue weighted by Gasteiger charge is -2.15. The summed E-state index contributed by atoms with van der Waals surface area (Å²) in [5.74, 6) is 0.0315. The summed E-state index contributed by atoms with van der Waals surface area (Å²) in [4.78, 5) is 25.4. The van der Waals surface area contributed by atoms with Crippen LogP contribution in [-0.2, 0) is 9.59 Å². The number of carbonyl (C=O) groups is 2. The average molecular weight is 310 g/mol. The van der Waals surface area contributed by atoms with Gasteiger partial charge >= 0.3 is 0 Å². The molecule has 1 aliphatic rings. The molecule has 0 saturated carbocycles. The highest BCUT2D eigenvalue weighted by Crippen LogP contribution is 2.13. The van der Waals surface area contributed by atoms with Crippen LogP contribution in [0.25, 0.3) is 0 Å². The van der Waals surface area contributed by atoms with Gasteiger partial charge in [-0.2, -0.15) is 0 Å². The van der Waals surface area contributed by atoms with Gasteiger partial charge in [0, 0.05) is 36.8 Å². The van der Waals surface area contributed by atoms with Crippen molar-refractivity contribution in [1.29, 1.82) is 0 Å². The maximum absolute atomic E-state index is 11.8. The fourth-order valence-corrected chi connectivity index (χ4v) is 2.39. The highest BCUT2D eigenvalue weighted by atomic mass is 35.5. The first-order valence-corrected chi connectivity index (χ1v) is 7.57. The topological polar surface area (TPSA) is 61.4 Å². The van der Waals surface area contributed by atoms with Crippen LogP contribution in [0.5, 0.6) is 0 Å². The van der Waals surface area contributed by atoms with Gasteiger partial charge in [-0.1, -0.05) is 11.6 Å². The Morgan fingerprint density at radius 3 is 2.48 bits per heavy atom. The summed E-state index contributed by atoms with van der Waals surface area (Å²) in [6.07, 6.45) is 2.64. The predicted molar refractivity (Wildman–Crippen MR) is 83.4 cm³/mol. The maximum Gasteiger partial charge on any atom is 0.238 e. The van der Waals surface area contributed by atoms with Gasteiger partial charge in [-0.05, 0) is 37.1 Å². The fourth-order valence-electron chi connectivity index (χ4n) is 2.26. The van der Waals surface area contributed by atoms with Crippen LogP contribution in [0.4, 0.5) is 5.69 Å². The Bertz CT molecular complexity index is 484. The fraction of sp³-hybridized carbons (Fsp3) is 0.467. The summed E-state index contributed by atoms with van der Waals surface area (Å²) in [7, 11) is 0. The molecule has 1 fully saturated rings. The number of hydrogen-bond acceptors (Lipinski definition) is 3. The molecule has 0 aliphatic carbocycles. The Morgan fingerprint density at radius 2 is 1.81 bits per heavy atom. The third-order valence-electron chi connectivity index (χ3n) is 3.39. The van der Waals surface area contributed by atoms with E-state index in [-0.39, 0.29) is 18.4 Å². The van der Waals surface area contributed by atoms with Crippen molar-refractivity contribution in [2.75, 3.05) is 31.5 Å². The summed E-state index contributed by atoms with van der Waals surface area (Å²) in [5, 5.41) is 6.37. The van der Waals surface area contributed by atoms with Crippen LogP contribution < -0.4 is 10.6 Å². The van der Waals surface area contributed by atoms with Crippen LogP contribution in [-0.4, -0.2) is 42.9 Å². The number of carbonyl (C=O) groups excluding carboxylic acids is 2. The standard InChI is InChI=1S/C15H20ClN3O2/c16-12-3-5-13(6-4-12)18-14(20)11-17-8-7-15(21)19-9-1-2-10-19/h3-6,17H,1-2,7-11H2,(H,18,20). The van der Waals surface area contributed by atoms with Crippen molar-refractivity contribution in [3.8, 4) is 0 Å². The molecular formula is C15H20ClN3O2. The van der Waals surface area contributed by atoms with Gasteiger partial charge in [0.2, 0.25) is 11.8 Å². The van der Waals surface area contributed by atoms with Gasteiger partial charge in [-0.3, -0.25) is 9.59 Å². The molecule has 21 heavy (non-hydrogen) atoms. The summed E-state index contributed by atoms with van der Waals surface area (Å²) in [6, 6.07) is 6.94. The molecule has 1 aromatic rings. The van der Waals surface area contributed by atoms with Crippen LogP contribution >= 0.6 is 11.6 Å². The van der Waals surface area contributed by atoms with E-state index in [2.05, 4.69) is 10.6 Å². The summed E-state index contributed by atoms with van der Waals surface area (Å²) < 4.78 is 0. The molecule has 0 spiro atoms. The zero-order valence-corrected chi connectivity index (χ0v) is 12.7. The third-order valence-corrected chi connectivity index (χ3v) is 3.64. The molecule has 0 aromatic heterocycles. The Morgan fingerprint density at radius 1 is 1.14 bits per heavy atom. The molecule has 6 heteroatoms. The summed E-state index contributed by atoms with van der Waals surface area (Å²) in [5.41, 5.74) is 0.708. The number of amides is 2. The first kappa shape index (κ1) is 15.8. The van der Waals surface area contributed by atoms with Gasteiger partial charge in [0.25, 0.3) is 0 Å². The lowest BCUT2D eigenvalue weighted by atomic mass is 10.3. The maximum atomic E-state index is 11.8. The van der Waals surface area contributed by atoms with E-state index in [4.69, 9.17) is 11.6 Å². The van der Waals surface area contributed by atoms with Crippen molar-refractivity contribution in [2.45, 2.75) is 19.3 Å². The van der Waals surface area contributed by atoms with E-state index in [9.17, 15) is 9.59 Å². The molecule has 1 saturated heterocycles. The monoisotopic (exact) mass is 309 g/mol. The minimum absolute atomic E-state index is 0.133. The van der Waals surface area contributed by atoms with Crippen LogP contribution in [0.15, 0.2) is 24.3 Å². The largest absolute Gasteiger partial charge is 0.343 e. The molecule has 1 aromatic carbocycles. The molecule has 2 N–H and O–H groups in total. The number of hydrogen-bond donors (Lipinski definition) is 2. The lowest BCUT2D eigenvalue weighted by Crippen LogP contribution is -2.33. The molecule has 0 atom stereocenters. The predicted octanol–water partition coefficient (Wildman–Crippen LogP) is 1.88. The summed E-state index contributed by atoms with van der Waals surface area (Å²) in [6.45, 7) is 2.45. The van der Waals surface area contributed by atoms with Crippen molar-refractivity contribution in [3.05, 3.63) is 29.3 Å². The van der Waals surface area contributed by atoms with Gasteiger partial charge in [-0.15, -0.1) is 0 Å². The van der Waals surface area contributed by atoms with Crippen LogP contribution in [0, 0.1) is 0 Å². The van der Waals surface area contributed by atoms with Crippen LogP contribution in [0.3, 0.4) is 0 Å². The second kappa shape index (κ2) is 8.00. The Balaban J connectivity index is 1.60. The van der Waals surface area contributed by atoms with Crippen molar-refractivity contribution < 1.29 is 9.59 Å². The Labute approximate surface area is 129 Å². The van der Waals surface area contributed by atoms with E-state index in [0.717, 1.165) is 25.9 Å². The van der Waals surface area contributed by atoms with Crippen molar-refractivity contribution in [3.63, 3.8) is 0 Å². The normalized spacial score (nSPS) is 14.2. The molecule has 2 amide bonds. The van der Waals surface area contributed by atoms with Gasteiger partial charge in [0.05, 0.1) is 6.54 Å². The number of rotatable bonds is 6. The molecular weight excluding hydrogens is 290 g/mol. The number of nitrogens with one attached hydrogen (secondary N) is 2. The first-order valence-electron chi connectivity index (χ1n) is 7.19. The molecule has 2 rings (SSSR count). The molecule has 1 aliphatic heterocycles. The molecule has 0 bridgehead atoms. The van der Waals surface area contributed by atoms with Gasteiger partial charge in [0.1, 0.15) is 0 Å². The highest BCUT2D eigenvalue weighted by molar-refractivity contribution is 6.30. The number of anilines is 1. The molecule has 0 radical (unpaired) electrons. The van der Waals surface area contributed by atoms with E-state index in [1.807, 2.05) is 4.90 Å². The van der Waals surface area contributed by atoms with Crippen LogP contribution in [0.2, 0.25) is 5.02 Å². The quantitative estimate of drug-likeness (QED) is 0.789. The Kier molecular flexibility index (Phi) is 6.02. The first-order chi connectivity index (χ1) is 10.1. The number of nitrogens with zero attached hydrogens (tertiary/aromatic N) is 1. The minimum Gasteiger partial charge on any atom is -0.343 e. The zero-order chi connectivity index (χ0) is 15.1. The Hall–Kier alpha value is -1.59. The van der Waals surface area contributed by atoms with E-state index in [1.54, 1.807) is 24.3 Å². The van der Waals surface area contributed by atoms with E-state index in [1.165, 1.54) is 0 Å². The molecule has 5 nitrogen and oxygen atoms in total. The number of likely N-dealkylation sites (tertiary alicyclic amines) is 1. The van der Waals surface area contributed by atoms with E-state index < -0.39 is 0 Å². The molecule has 114 valence electrons. The molecule has 0 unspecified atom stereocenters. The number of halogens is 1. The van der Waals surface area contributed by atoms with Gasteiger partial charge < -0.3 is 15.5 Å². The van der Waals surface area contributed by atoms with Gasteiger partial charge in [0.15, 0.2) is 0 Å². The summed E-state index contributed by atoms with van der Waals surface area (Å²) >= 11 is 5.77. The SMILES string of the molecule is O=C(CNCCC(=O)N1CCCC1)Nc1ccc(Cl)cc1. The number of benzene rings is 1.